The summed E-state index contributed by atoms with van der Waals surface area (Å²) in [6.07, 6.45) is -4.17. The van der Waals surface area contributed by atoms with Gasteiger partial charge in [0.05, 0.1) is 23.8 Å². The zero-order chi connectivity index (χ0) is 22.2. The monoisotopic (exact) mass is 421 g/mol. The van der Waals surface area contributed by atoms with Crippen LogP contribution < -0.4 is 5.32 Å². The molecule has 0 spiro atoms. The smallest absolute Gasteiger partial charge is 0.418 e. The van der Waals surface area contributed by atoms with Gasteiger partial charge in [-0.15, -0.1) is 0 Å². The molecule has 5 nitrogen and oxygen atoms in total. The Balaban J connectivity index is 1.93. The zero-order valence-corrected chi connectivity index (χ0v) is 16.8. The van der Waals surface area contributed by atoms with Gasteiger partial charge in [0.25, 0.3) is 5.91 Å². The lowest BCUT2D eigenvalue weighted by atomic mass is 10.0. The lowest BCUT2D eigenvalue weighted by Crippen LogP contribution is -2.19. The molecule has 1 aliphatic carbocycles. The number of alkyl halides is 3. The lowest BCUT2D eigenvalue weighted by molar-refractivity contribution is -0.144. The molecular formula is C22H22F3NO4. The van der Waals surface area contributed by atoms with Crippen molar-refractivity contribution in [2.45, 2.75) is 39.3 Å². The second kappa shape index (κ2) is 8.01. The van der Waals surface area contributed by atoms with Crippen LogP contribution in [0.15, 0.2) is 30.3 Å². The summed E-state index contributed by atoms with van der Waals surface area (Å²) in [6.45, 7) is 5.11. The first-order valence-corrected chi connectivity index (χ1v) is 9.52. The average Bonchev–Trinajstić information content (AvgIpc) is 3.40. The molecule has 0 aromatic heterocycles. The van der Waals surface area contributed by atoms with Crippen molar-refractivity contribution < 1.29 is 32.6 Å². The quantitative estimate of drug-likeness (QED) is 0.670. The molecular weight excluding hydrogens is 399 g/mol. The summed E-state index contributed by atoms with van der Waals surface area (Å²) in [5.74, 6) is -1.72. The first-order chi connectivity index (χ1) is 14.0. The molecule has 2 aromatic rings. The topological polar surface area (TPSA) is 75.6 Å². The molecule has 2 aromatic carbocycles. The molecule has 30 heavy (non-hydrogen) atoms. The molecule has 2 atom stereocenters. The number of esters is 1. The molecule has 0 aliphatic heterocycles. The number of hydrogen-bond donors (Lipinski definition) is 2. The molecule has 0 bridgehead atoms. The average molecular weight is 421 g/mol. The number of phenols is 1. The fourth-order valence-electron chi connectivity index (χ4n) is 3.70. The first-order valence-electron chi connectivity index (χ1n) is 9.52. The molecule has 1 saturated carbocycles. The largest absolute Gasteiger partial charge is 0.508 e. The Morgan fingerprint density at radius 1 is 1.17 bits per heavy atom. The number of aryl methyl sites for hydroxylation is 2. The van der Waals surface area contributed by atoms with Gasteiger partial charge in [-0.05, 0) is 74.1 Å². The van der Waals surface area contributed by atoms with E-state index in [-0.39, 0.29) is 41.4 Å². The van der Waals surface area contributed by atoms with E-state index in [0.29, 0.717) is 23.1 Å². The van der Waals surface area contributed by atoms with Crippen LogP contribution in [-0.2, 0) is 15.7 Å². The molecule has 0 heterocycles. The van der Waals surface area contributed by atoms with Crippen LogP contribution in [0.4, 0.5) is 18.9 Å². The number of amides is 1. The predicted molar refractivity (Wildman–Crippen MR) is 104 cm³/mol. The number of carbonyl (C=O) groups is 2. The first kappa shape index (κ1) is 21.7. The SMILES string of the molecule is CCOC(=O)[C@@H]1C[C@@H]1c1ccc(C(F)(F)F)c(NC(=O)c2c(C)cc(O)cc2C)c1. The van der Waals surface area contributed by atoms with Crippen LogP contribution in [0.25, 0.3) is 0 Å². The number of halogens is 3. The number of benzene rings is 2. The molecule has 2 N–H and O–H groups in total. The van der Waals surface area contributed by atoms with Gasteiger partial charge >= 0.3 is 12.1 Å². The standard InChI is InChI=1S/C22H22F3NO4/c1-4-30-21(29)16-10-15(16)13-5-6-17(22(23,24)25)18(9-13)26-20(28)19-11(2)7-14(27)8-12(19)3/h5-9,15-16,27H,4,10H2,1-3H3,(H,26,28)/t15-,16-/m1/s1. The molecule has 1 aliphatic rings. The van der Waals surface area contributed by atoms with Crippen LogP contribution in [-0.4, -0.2) is 23.6 Å². The number of aromatic hydroxyl groups is 1. The van der Waals surface area contributed by atoms with Crippen LogP contribution in [0.3, 0.4) is 0 Å². The minimum atomic E-state index is -4.66. The minimum absolute atomic E-state index is 0.0294. The number of anilines is 1. The third-order valence-corrected chi connectivity index (χ3v) is 5.15. The fourth-order valence-corrected chi connectivity index (χ4v) is 3.70. The van der Waals surface area contributed by atoms with E-state index in [4.69, 9.17) is 4.74 Å². The van der Waals surface area contributed by atoms with Crippen LogP contribution >= 0.6 is 0 Å². The van der Waals surface area contributed by atoms with Crippen molar-refractivity contribution in [2.75, 3.05) is 11.9 Å². The maximum absolute atomic E-state index is 13.5. The third-order valence-electron chi connectivity index (χ3n) is 5.15. The van der Waals surface area contributed by atoms with Gasteiger partial charge in [-0.25, -0.2) is 0 Å². The highest BCUT2D eigenvalue weighted by atomic mass is 19.4. The van der Waals surface area contributed by atoms with Crippen molar-refractivity contribution in [1.29, 1.82) is 0 Å². The van der Waals surface area contributed by atoms with Crippen LogP contribution in [0.2, 0.25) is 0 Å². The summed E-state index contributed by atoms with van der Waals surface area (Å²) < 4.78 is 45.5. The Kier molecular flexibility index (Phi) is 5.78. The molecule has 1 amide bonds. The van der Waals surface area contributed by atoms with E-state index in [1.165, 1.54) is 24.3 Å². The van der Waals surface area contributed by atoms with Crippen molar-refractivity contribution in [3.63, 3.8) is 0 Å². The summed E-state index contributed by atoms with van der Waals surface area (Å²) in [7, 11) is 0. The van der Waals surface area contributed by atoms with E-state index in [1.807, 2.05) is 0 Å². The Labute approximate surface area is 171 Å². The fraction of sp³-hybridized carbons (Fsp3) is 0.364. The van der Waals surface area contributed by atoms with E-state index in [1.54, 1.807) is 20.8 Å². The zero-order valence-electron chi connectivity index (χ0n) is 16.8. The molecule has 1 fully saturated rings. The molecule has 0 saturated heterocycles. The van der Waals surface area contributed by atoms with E-state index >= 15 is 0 Å². The van der Waals surface area contributed by atoms with Gasteiger partial charge in [0.15, 0.2) is 0 Å². The Hall–Kier alpha value is -3.03. The Morgan fingerprint density at radius 2 is 1.80 bits per heavy atom. The summed E-state index contributed by atoms with van der Waals surface area (Å²) in [6, 6.07) is 6.27. The number of ether oxygens (including phenoxy) is 1. The van der Waals surface area contributed by atoms with Crippen LogP contribution in [0, 0.1) is 19.8 Å². The van der Waals surface area contributed by atoms with Crippen LogP contribution in [0.5, 0.6) is 5.75 Å². The van der Waals surface area contributed by atoms with Gasteiger partial charge in [0, 0.05) is 5.56 Å². The maximum atomic E-state index is 13.5. The van der Waals surface area contributed by atoms with E-state index < -0.39 is 17.6 Å². The summed E-state index contributed by atoms with van der Waals surface area (Å²) >= 11 is 0. The molecule has 160 valence electrons. The van der Waals surface area contributed by atoms with Gasteiger partial charge in [0.1, 0.15) is 5.75 Å². The van der Waals surface area contributed by atoms with Crippen molar-refractivity contribution in [3.8, 4) is 5.75 Å². The number of rotatable bonds is 5. The summed E-state index contributed by atoms with van der Waals surface area (Å²) in [5.41, 5.74) is 0.282. The van der Waals surface area contributed by atoms with E-state index in [2.05, 4.69) is 5.32 Å². The minimum Gasteiger partial charge on any atom is -0.508 e. The highest BCUT2D eigenvalue weighted by Gasteiger charge is 2.46. The van der Waals surface area contributed by atoms with Crippen molar-refractivity contribution in [1.82, 2.24) is 0 Å². The predicted octanol–water partition coefficient (Wildman–Crippen LogP) is 4.95. The van der Waals surface area contributed by atoms with Crippen molar-refractivity contribution in [3.05, 3.63) is 58.1 Å². The molecule has 0 unspecified atom stereocenters. The normalized spacial score (nSPS) is 18.1. The van der Waals surface area contributed by atoms with Crippen molar-refractivity contribution >= 4 is 17.6 Å². The second-order valence-corrected chi connectivity index (χ2v) is 7.41. The van der Waals surface area contributed by atoms with E-state index in [9.17, 15) is 27.9 Å². The number of phenolic OH excluding ortho intramolecular Hbond substituents is 1. The Morgan fingerprint density at radius 3 is 2.37 bits per heavy atom. The van der Waals surface area contributed by atoms with Gasteiger partial charge in [0.2, 0.25) is 0 Å². The number of nitrogens with one attached hydrogen (secondary N) is 1. The maximum Gasteiger partial charge on any atom is 0.418 e. The van der Waals surface area contributed by atoms with Gasteiger partial charge in [-0.3, -0.25) is 9.59 Å². The molecule has 8 heteroatoms. The highest BCUT2D eigenvalue weighted by molar-refractivity contribution is 6.07. The van der Waals surface area contributed by atoms with Gasteiger partial charge in [-0.2, -0.15) is 13.2 Å². The number of hydrogen-bond acceptors (Lipinski definition) is 4. The van der Waals surface area contributed by atoms with Gasteiger partial charge < -0.3 is 15.2 Å². The molecule has 3 rings (SSSR count). The number of carbonyl (C=O) groups excluding carboxylic acids is 2. The van der Waals surface area contributed by atoms with Crippen LogP contribution in [0.1, 0.15) is 51.9 Å². The lowest BCUT2D eigenvalue weighted by Gasteiger charge is -2.17. The Bertz CT molecular complexity index is 977. The second-order valence-electron chi connectivity index (χ2n) is 7.41. The third kappa shape index (κ3) is 4.42. The summed E-state index contributed by atoms with van der Waals surface area (Å²) in [4.78, 5) is 24.6. The van der Waals surface area contributed by atoms with Gasteiger partial charge in [-0.1, -0.05) is 6.07 Å². The van der Waals surface area contributed by atoms with E-state index in [0.717, 1.165) is 6.07 Å². The molecule has 0 radical (unpaired) electrons. The summed E-state index contributed by atoms with van der Waals surface area (Å²) in [5, 5.41) is 12.0. The van der Waals surface area contributed by atoms with Crippen molar-refractivity contribution in [2.24, 2.45) is 5.92 Å². The highest BCUT2D eigenvalue weighted by Crippen LogP contribution is 2.49.